The van der Waals surface area contributed by atoms with E-state index < -0.39 is 0 Å². The number of aliphatic hydroxyl groups is 1. The SMILES string of the molecule is C=CC(C)N1CCC(O)C(C)C1. The van der Waals surface area contributed by atoms with Gasteiger partial charge in [0.1, 0.15) is 0 Å². The van der Waals surface area contributed by atoms with E-state index in [1.54, 1.807) is 0 Å². The summed E-state index contributed by atoms with van der Waals surface area (Å²) in [5, 5.41) is 9.50. The lowest BCUT2D eigenvalue weighted by Gasteiger charge is -2.37. The summed E-state index contributed by atoms with van der Waals surface area (Å²) in [5.41, 5.74) is 0. The minimum Gasteiger partial charge on any atom is -0.393 e. The van der Waals surface area contributed by atoms with Crippen LogP contribution in [0.4, 0.5) is 0 Å². The first-order chi connectivity index (χ1) is 5.65. The van der Waals surface area contributed by atoms with Crippen molar-refractivity contribution in [1.29, 1.82) is 0 Å². The molecule has 3 atom stereocenters. The fraction of sp³-hybridized carbons (Fsp3) is 0.800. The second kappa shape index (κ2) is 4.06. The van der Waals surface area contributed by atoms with Crippen LogP contribution < -0.4 is 0 Å². The third kappa shape index (κ3) is 2.08. The highest BCUT2D eigenvalue weighted by molar-refractivity contribution is 4.88. The second-order valence-corrected chi connectivity index (χ2v) is 3.80. The molecular weight excluding hydrogens is 150 g/mol. The van der Waals surface area contributed by atoms with E-state index in [1.807, 2.05) is 6.08 Å². The van der Waals surface area contributed by atoms with Crippen LogP contribution in [-0.2, 0) is 0 Å². The Kier molecular flexibility index (Phi) is 3.29. The van der Waals surface area contributed by atoms with Gasteiger partial charge < -0.3 is 5.11 Å². The molecule has 12 heavy (non-hydrogen) atoms. The van der Waals surface area contributed by atoms with Crippen molar-refractivity contribution in [2.75, 3.05) is 13.1 Å². The number of nitrogens with zero attached hydrogens (tertiary/aromatic N) is 1. The number of piperidine rings is 1. The number of likely N-dealkylation sites (tertiary alicyclic amines) is 1. The average Bonchev–Trinajstić information content (AvgIpc) is 2.08. The first-order valence-corrected chi connectivity index (χ1v) is 4.69. The molecular formula is C10H19NO. The molecule has 2 nitrogen and oxygen atoms in total. The van der Waals surface area contributed by atoms with E-state index in [9.17, 15) is 5.11 Å². The highest BCUT2D eigenvalue weighted by Crippen LogP contribution is 2.18. The van der Waals surface area contributed by atoms with Crippen molar-refractivity contribution in [3.8, 4) is 0 Å². The quantitative estimate of drug-likeness (QED) is 0.629. The summed E-state index contributed by atoms with van der Waals surface area (Å²) in [5.74, 6) is 0.404. The predicted octanol–water partition coefficient (Wildman–Crippen LogP) is 1.26. The summed E-state index contributed by atoms with van der Waals surface area (Å²) >= 11 is 0. The monoisotopic (exact) mass is 169 g/mol. The van der Waals surface area contributed by atoms with Crippen molar-refractivity contribution in [2.45, 2.75) is 32.4 Å². The van der Waals surface area contributed by atoms with E-state index in [-0.39, 0.29) is 6.10 Å². The molecule has 0 aliphatic carbocycles. The fourth-order valence-corrected chi connectivity index (χ4v) is 1.68. The number of rotatable bonds is 2. The molecule has 1 aliphatic rings. The molecule has 3 unspecified atom stereocenters. The van der Waals surface area contributed by atoms with Gasteiger partial charge in [-0.15, -0.1) is 6.58 Å². The molecule has 0 saturated carbocycles. The summed E-state index contributed by atoms with van der Waals surface area (Å²) in [6, 6.07) is 0.444. The summed E-state index contributed by atoms with van der Waals surface area (Å²) in [6.07, 6.45) is 2.77. The van der Waals surface area contributed by atoms with E-state index in [1.165, 1.54) is 0 Å². The molecule has 0 bridgehead atoms. The second-order valence-electron chi connectivity index (χ2n) is 3.80. The molecule has 1 aliphatic heterocycles. The zero-order chi connectivity index (χ0) is 9.14. The van der Waals surface area contributed by atoms with Gasteiger partial charge in [0.25, 0.3) is 0 Å². The molecule has 0 aromatic heterocycles. The smallest absolute Gasteiger partial charge is 0.0590 e. The molecule has 0 aromatic rings. The molecule has 0 spiro atoms. The first kappa shape index (κ1) is 9.75. The van der Waals surface area contributed by atoms with Gasteiger partial charge in [-0.2, -0.15) is 0 Å². The van der Waals surface area contributed by atoms with Crippen LogP contribution in [0.1, 0.15) is 20.3 Å². The molecule has 1 saturated heterocycles. The Labute approximate surface area is 74.9 Å². The van der Waals surface area contributed by atoms with Gasteiger partial charge >= 0.3 is 0 Å². The summed E-state index contributed by atoms with van der Waals surface area (Å²) in [4.78, 5) is 2.37. The van der Waals surface area contributed by atoms with Gasteiger partial charge in [-0.05, 0) is 19.3 Å². The van der Waals surface area contributed by atoms with Crippen LogP contribution in [-0.4, -0.2) is 35.2 Å². The standard InChI is InChI=1S/C10H19NO/c1-4-9(3)11-6-5-10(12)8(2)7-11/h4,8-10,12H,1,5-7H2,2-3H3. The maximum Gasteiger partial charge on any atom is 0.0590 e. The van der Waals surface area contributed by atoms with E-state index in [2.05, 4.69) is 25.3 Å². The molecule has 0 amide bonds. The number of aliphatic hydroxyl groups excluding tert-OH is 1. The van der Waals surface area contributed by atoms with Crippen molar-refractivity contribution in [1.82, 2.24) is 4.90 Å². The largest absolute Gasteiger partial charge is 0.393 e. The van der Waals surface area contributed by atoms with Crippen molar-refractivity contribution >= 4 is 0 Å². The van der Waals surface area contributed by atoms with Gasteiger partial charge in [-0.3, -0.25) is 4.90 Å². The number of hydrogen-bond donors (Lipinski definition) is 1. The Hall–Kier alpha value is -0.340. The van der Waals surface area contributed by atoms with Gasteiger partial charge in [-0.25, -0.2) is 0 Å². The molecule has 2 heteroatoms. The predicted molar refractivity (Wildman–Crippen MR) is 51.0 cm³/mol. The van der Waals surface area contributed by atoms with Crippen LogP contribution in [0.3, 0.4) is 0 Å². The molecule has 1 heterocycles. The highest BCUT2D eigenvalue weighted by Gasteiger charge is 2.25. The number of hydrogen-bond acceptors (Lipinski definition) is 2. The summed E-state index contributed by atoms with van der Waals surface area (Å²) in [7, 11) is 0. The Balaban J connectivity index is 2.44. The van der Waals surface area contributed by atoms with Crippen molar-refractivity contribution in [2.24, 2.45) is 5.92 Å². The third-order valence-corrected chi connectivity index (χ3v) is 2.81. The van der Waals surface area contributed by atoms with E-state index in [4.69, 9.17) is 0 Å². The molecule has 1 rings (SSSR count). The Morgan fingerprint density at radius 2 is 2.33 bits per heavy atom. The lowest BCUT2D eigenvalue weighted by Crippen LogP contribution is -2.45. The Morgan fingerprint density at radius 1 is 1.67 bits per heavy atom. The van der Waals surface area contributed by atoms with Crippen LogP contribution >= 0.6 is 0 Å². The van der Waals surface area contributed by atoms with Gasteiger partial charge in [0.2, 0.25) is 0 Å². The first-order valence-electron chi connectivity index (χ1n) is 4.69. The molecule has 70 valence electrons. The van der Waals surface area contributed by atoms with Crippen LogP contribution in [0.5, 0.6) is 0 Å². The average molecular weight is 169 g/mol. The van der Waals surface area contributed by atoms with Gasteiger partial charge in [-0.1, -0.05) is 13.0 Å². The Bertz CT molecular complexity index is 158. The maximum absolute atomic E-state index is 9.50. The van der Waals surface area contributed by atoms with Gasteiger partial charge in [0, 0.05) is 19.1 Å². The zero-order valence-electron chi connectivity index (χ0n) is 8.03. The van der Waals surface area contributed by atoms with Gasteiger partial charge in [0.05, 0.1) is 6.10 Å². The van der Waals surface area contributed by atoms with Crippen LogP contribution in [0, 0.1) is 5.92 Å². The lowest BCUT2D eigenvalue weighted by atomic mass is 9.96. The van der Waals surface area contributed by atoms with Crippen LogP contribution in [0.2, 0.25) is 0 Å². The topological polar surface area (TPSA) is 23.5 Å². The molecule has 1 N–H and O–H groups in total. The fourth-order valence-electron chi connectivity index (χ4n) is 1.68. The minimum absolute atomic E-state index is 0.0988. The van der Waals surface area contributed by atoms with Crippen molar-refractivity contribution in [3.05, 3.63) is 12.7 Å². The van der Waals surface area contributed by atoms with Crippen LogP contribution in [0.15, 0.2) is 12.7 Å². The zero-order valence-corrected chi connectivity index (χ0v) is 8.03. The Morgan fingerprint density at radius 3 is 2.83 bits per heavy atom. The summed E-state index contributed by atoms with van der Waals surface area (Å²) in [6.45, 7) is 10.0. The molecule has 1 fully saturated rings. The third-order valence-electron chi connectivity index (χ3n) is 2.81. The lowest BCUT2D eigenvalue weighted by molar-refractivity contribution is 0.0275. The van der Waals surface area contributed by atoms with Gasteiger partial charge in [0.15, 0.2) is 0 Å². The highest BCUT2D eigenvalue weighted by atomic mass is 16.3. The van der Waals surface area contributed by atoms with Crippen LogP contribution in [0.25, 0.3) is 0 Å². The minimum atomic E-state index is -0.0988. The molecule has 0 aromatic carbocycles. The maximum atomic E-state index is 9.50. The molecule has 0 radical (unpaired) electrons. The normalized spacial score (nSPS) is 34.6. The van der Waals surface area contributed by atoms with E-state index in [0.29, 0.717) is 12.0 Å². The van der Waals surface area contributed by atoms with E-state index >= 15 is 0 Å². The van der Waals surface area contributed by atoms with Crippen molar-refractivity contribution in [3.63, 3.8) is 0 Å². The summed E-state index contributed by atoms with van der Waals surface area (Å²) < 4.78 is 0. The van der Waals surface area contributed by atoms with E-state index in [0.717, 1.165) is 19.5 Å². The van der Waals surface area contributed by atoms with Crippen molar-refractivity contribution < 1.29 is 5.11 Å².